The number of nitrogens with zero attached hydrogens (tertiary/aromatic N) is 2. The standard InChI is InChI=1S/C26H23ClN2O3S/c27-20-8-9-23-19(12-20)13-25(31)24(14-21-3-1-2-10-28-21)29(26(23)32)15-18-6-4-17(5-7-18)11-22(30)16-33/h1-10,12,24,33H,11,13-16H2/t24-/m1/s1. The first-order chi connectivity index (χ1) is 15.9. The Kier molecular flexibility index (Phi) is 7.26. The molecule has 0 unspecified atom stereocenters. The van der Waals surface area contributed by atoms with Gasteiger partial charge in [-0.15, -0.1) is 0 Å². The summed E-state index contributed by atoms with van der Waals surface area (Å²) in [6, 6.07) is 17.5. The summed E-state index contributed by atoms with van der Waals surface area (Å²) in [4.78, 5) is 44.6. The Morgan fingerprint density at radius 2 is 1.82 bits per heavy atom. The van der Waals surface area contributed by atoms with Crippen molar-refractivity contribution in [3.8, 4) is 0 Å². The fourth-order valence-electron chi connectivity index (χ4n) is 4.06. The van der Waals surface area contributed by atoms with Crippen molar-refractivity contribution in [1.82, 2.24) is 9.88 Å². The molecule has 7 heteroatoms. The quantitative estimate of drug-likeness (QED) is 0.518. The van der Waals surface area contributed by atoms with Crippen LogP contribution in [0, 0.1) is 0 Å². The first-order valence-electron chi connectivity index (χ1n) is 10.7. The van der Waals surface area contributed by atoms with Gasteiger partial charge in [-0.05, 0) is 47.0 Å². The number of rotatable bonds is 7. The van der Waals surface area contributed by atoms with Crippen LogP contribution in [0.15, 0.2) is 66.9 Å². The molecule has 2 aromatic carbocycles. The topological polar surface area (TPSA) is 67.3 Å². The van der Waals surface area contributed by atoms with Crippen LogP contribution >= 0.6 is 24.2 Å². The molecule has 1 aromatic heterocycles. The molecule has 1 atom stereocenters. The van der Waals surface area contributed by atoms with E-state index in [9.17, 15) is 14.4 Å². The second-order valence-corrected chi connectivity index (χ2v) is 8.86. The number of carbonyl (C=O) groups is 3. The summed E-state index contributed by atoms with van der Waals surface area (Å²) in [6.07, 6.45) is 2.48. The molecule has 0 radical (unpaired) electrons. The maximum atomic E-state index is 13.6. The van der Waals surface area contributed by atoms with Gasteiger partial charge in [0.25, 0.3) is 5.91 Å². The molecule has 4 rings (SSSR count). The van der Waals surface area contributed by atoms with Gasteiger partial charge in [0.15, 0.2) is 5.78 Å². The zero-order chi connectivity index (χ0) is 23.4. The van der Waals surface area contributed by atoms with Crippen LogP contribution in [-0.4, -0.2) is 39.2 Å². The van der Waals surface area contributed by atoms with E-state index in [1.807, 2.05) is 42.5 Å². The molecule has 1 aliphatic rings. The third-order valence-corrected chi connectivity index (χ3v) is 6.34. The predicted octanol–water partition coefficient (Wildman–Crippen LogP) is 4.16. The Morgan fingerprint density at radius 1 is 1.06 bits per heavy atom. The van der Waals surface area contributed by atoms with Crippen molar-refractivity contribution in [2.45, 2.75) is 31.8 Å². The van der Waals surface area contributed by atoms with Gasteiger partial charge in [0.2, 0.25) is 0 Å². The van der Waals surface area contributed by atoms with Crippen LogP contribution in [-0.2, 0) is 35.4 Å². The highest BCUT2D eigenvalue weighted by molar-refractivity contribution is 7.81. The molecule has 1 aliphatic heterocycles. The lowest BCUT2D eigenvalue weighted by Crippen LogP contribution is -2.44. The first kappa shape index (κ1) is 23.2. The number of halogens is 1. The van der Waals surface area contributed by atoms with Gasteiger partial charge in [-0.3, -0.25) is 19.4 Å². The average Bonchev–Trinajstić information content (AvgIpc) is 2.90. The van der Waals surface area contributed by atoms with E-state index < -0.39 is 6.04 Å². The second kappa shape index (κ2) is 10.3. The number of pyridine rings is 1. The van der Waals surface area contributed by atoms with Gasteiger partial charge in [0.05, 0.1) is 6.04 Å². The Labute approximate surface area is 203 Å². The molecule has 168 valence electrons. The zero-order valence-corrected chi connectivity index (χ0v) is 19.6. The number of benzene rings is 2. The third-order valence-electron chi connectivity index (χ3n) is 5.75. The number of hydrogen-bond acceptors (Lipinski definition) is 5. The van der Waals surface area contributed by atoms with Gasteiger partial charge in [-0.1, -0.05) is 41.9 Å². The maximum Gasteiger partial charge on any atom is 0.255 e. The van der Waals surface area contributed by atoms with E-state index in [-0.39, 0.29) is 36.2 Å². The Bertz CT molecular complexity index is 1180. The van der Waals surface area contributed by atoms with E-state index in [2.05, 4.69) is 17.6 Å². The lowest BCUT2D eigenvalue weighted by molar-refractivity contribution is -0.122. The normalized spacial score (nSPS) is 15.8. The van der Waals surface area contributed by atoms with Gasteiger partial charge in [0.1, 0.15) is 5.78 Å². The Balaban J connectivity index is 1.67. The largest absolute Gasteiger partial charge is 0.324 e. The number of Topliss-reactive ketones (excluding diaryl/α,β-unsaturated/α-hetero) is 2. The molecule has 1 amide bonds. The minimum Gasteiger partial charge on any atom is -0.324 e. The number of aromatic nitrogens is 1. The number of amides is 1. The average molecular weight is 479 g/mol. The lowest BCUT2D eigenvalue weighted by atomic mass is 9.99. The SMILES string of the molecule is O=C(CS)Cc1ccc(CN2C(=O)c3ccc(Cl)cc3CC(=O)[C@H]2Cc2ccccn2)cc1. The van der Waals surface area contributed by atoms with Crippen molar-refractivity contribution >= 4 is 41.7 Å². The van der Waals surface area contributed by atoms with E-state index in [0.29, 0.717) is 29.0 Å². The summed E-state index contributed by atoms with van der Waals surface area (Å²) in [5.74, 6) is -0.0102. The lowest BCUT2D eigenvalue weighted by Gasteiger charge is -2.29. The summed E-state index contributed by atoms with van der Waals surface area (Å²) in [5.41, 5.74) is 3.65. The van der Waals surface area contributed by atoms with Crippen molar-refractivity contribution in [2.24, 2.45) is 0 Å². The number of fused-ring (bicyclic) bond motifs is 1. The summed E-state index contributed by atoms with van der Waals surface area (Å²) >= 11 is 10.2. The van der Waals surface area contributed by atoms with Crippen LogP contribution in [0.2, 0.25) is 5.02 Å². The molecule has 3 aromatic rings. The minimum atomic E-state index is -0.649. The molecule has 5 nitrogen and oxygen atoms in total. The highest BCUT2D eigenvalue weighted by atomic mass is 35.5. The van der Waals surface area contributed by atoms with E-state index in [1.165, 1.54) is 0 Å². The van der Waals surface area contributed by atoms with E-state index in [4.69, 9.17) is 11.6 Å². The second-order valence-electron chi connectivity index (χ2n) is 8.11. The molecular weight excluding hydrogens is 456 g/mol. The monoisotopic (exact) mass is 478 g/mol. The van der Waals surface area contributed by atoms with Gasteiger partial charge < -0.3 is 4.90 Å². The maximum absolute atomic E-state index is 13.6. The van der Waals surface area contributed by atoms with E-state index >= 15 is 0 Å². The van der Waals surface area contributed by atoms with Crippen molar-refractivity contribution in [1.29, 1.82) is 0 Å². The molecule has 0 fully saturated rings. The summed E-state index contributed by atoms with van der Waals surface area (Å²) in [6.45, 7) is 0.269. The molecule has 0 spiro atoms. The van der Waals surface area contributed by atoms with Crippen molar-refractivity contribution in [3.05, 3.63) is 99.8 Å². The molecule has 0 saturated carbocycles. The minimum absolute atomic E-state index is 0.0464. The van der Waals surface area contributed by atoms with Crippen molar-refractivity contribution in [3.63, 3.8) is 0 Å². The van der Waals surface area contributed by atoms with E-state index in [0.717, 1.165) is 16.8 Å². The highest BCUT2D eigenvalue weighted by Gasteiger charge is 2.35. The number of ketones is 2. The van der Waals surface area contributed by atoms with Crippen molar-refractivity contribution < 1.29 is 14.4 Å². The third kappa shape index (κ3) is 5.52. The predicted molar refractivity (Wildman–Crippen MR) is 131 cm³/mol. The smallest absolute Gasteiger partial charge is 0.255 e. The van der Waals surface area contributed by atoms with E-state index in [1.54, 1.807) is 29.3 Å². The van der Waals surface area contributed by atoms with Gasteiger partial charge in [-0.25, -0.2) is 0 Å². The zero-order valence-electron chi connectivity index (χ0n) is 17.9. The van der Waals surface area contributed by atoms with Gasteiger partial charge in [0, 0.05) is 54.0 Å². The molecule has 0 aliphatic carbocycles. The van der Waals surface area contributed by atoms with Gasteiger partial charge >= 0.3 is 0 Å². The summed E-state index contributed by atoms with van der Waals surface area (Å²) in [7, 11) is 0. The Morgan fingerprint density at radius 3 is 2.52 bits per heavy atom. The van der Waals surface area contributed by atoms with Crippen LogP contribution in [0.1, 0.15) is 32.7 Å². The summed E-state index contributed by atoms with van der Waals surface area (Å²) < 4.78 is 0. The number of thiol groups is 1. The number of hydrogen-bond donors (Lipinski definition) is 1. The first-order valence-corrected chi connectivity index (χ1v) is 11.7. The molecular formula is C26H23ClN2O3S. The van der Waals surface area contributed by atoms with Gasteiger partial charge in [-0.2, -0.15) is 12.6 Å². The summed E-state index contributed by atoms with van der Waals surface area (Å²) in [5, 5.41) is 0.496. The van der Waals surface area contributed by atoms with Crippen LogP contribution in [0.3, 0.4) is 0 Å². The van der Waals surface area contributed by atoms with Crippen LogP contribution in [0.25, 0.3) is 0 Å². The Hall–Kier alpha value is -2.96. The van der Waals surface area contributed by atoms with Crippen LogP contribution < -0.4 is 0 Å². The molecule has 0 saturated heterocycles. The van der Waals surface area contributed by atoms with Crippen molar-refractivity contribution in [2.75, 3.05) is 5.75 Å². The van der Waals surface area contributed by atoms with Crippen LogP contribution in [0.5, 0.6) is 0 Å². The number of carbonyl (C=O) groups excluding carboxylic acids is 3. The highest BCUT2D eigenvalue weighted by Crippen LogP contribution is 2.27. The molecule has 33 heavy (non-hydrogen) atoms. The fraction of sp³-hybridized carbons (Fsp3) is 0.231. The fourth-order valence-corrected chi connectivity index (χ4v) is 4.37. The molecule has 0 bridgehead atoms. The molecule has 0 N–H and O–H groups in total. The molecule has 2 heterocycles. The van der Waals surface area contributed by atoms with Crippen LogP contribution in [0.4, 0.5) is 0 Å².